The number of carbonyl (C=O) groups is 2. The van der Waals surface area contributed by atoms with Gasteiger partial charge < -0.3 is 9.59 Å². The van der Waals surface area contributed by atoms with Crippen molar-refractivity contribution in [3.05, 3.63) is 0 Å². The summed E-state index contributed by atoms with van der Waals surface area (Å²) in [5.41, 5.74) is -0.908. The van der Waals surface area contributed by atoms with E-state index in [0.29, 0.717) is 0 Å². The van der Waals surface area contributed by atoms with Crippen LogP contribution in [0.5, 0.6) is 0 Å². The van der Waals surface area contributed by atoms with E-state index in [4.69, 9.17) is 0 Å². The molecule has 0 bridgehead atoms. The largest absolute Gasteiger partial charge is 0.301 e. The first kappa shape index (κ1) is 10.4. The lowest BCUT2D eigenvalue weighted by atomic mass is 9.72. The molecule has 3 heteroatoms. The van der Waals surface area contributed by atoms with E-state index in [-0.39, 0.29) is 11.3 Å². The Morgan fingerprint density at radius 1 is 1.38 bits per heavy atom. The van der Waals surface area contributed by atoms with Crippen LogP contribution in [0.2, 0.25) is 0 Å². The van der Waals surface area contributed by atoms with E-state index in [1.165, 1.54) is 0 Å². The summed E-state index contributed by atoms with van der Waals surface area (Å²) in [5.74, 6) is 0.106. The number of hydrogen-bond acceptors (Lipinski definition) is 3. The zero-order chi connectivity index (χ0) is 10.1. The highest BCUT2D eigenvalue weighted by atomic mass is 16.1. The van der Waals surface area contributed by atoms with Crippen molar-refractivity contribution >= 4 is 12.6 Å². The molecule has 0 aromatic heterocycles. The van der Waals surface area contributed by atoms with Crippen LogP contribution in [0, 0.1) is 11.3 Å². The van der Waals surface area contributed by atoms with Gasteiger partial charge in [-0.2, -0.15) is 0 Å². The Morgan fingerprint density at radius 3 is 2.23 bits per heavy atom. The average molecular weight is 183 g/mol. The molecule has 1 aliphatic heterocycles. The summed E-state index contributed by atoms with van der Waals surface area (Å²) < 4.78 is 0. The quantitative estimate of drug-likeness (QED) is 0.519. The molecule has 1 unspecified atom stereocenters. The monoisotopic (exact) mass is 183 g/mol. The van der Waals surface area contributed by atoms with Gasteiger partial charge in [0.25, 0.3) is 0 Å². The number of carbonyl (C=O) groups excluding carboxylic acids is 2. The molecular weight excluding hydrogens is 166 g/mol. The second kappa shape index (κ2) is 3.22. The van der Waals surface area contributed by atoms with E-state index >= 15 is 0 Å². The van der Waals surface area contributed by atoms with Crippen LogP contribution in [0.1, 0.15) is 27.2 Å². The van der Waals surface area contributed by atoms with Gasteiger partial charge >= 0.3 is 0 Å². The Labute approximate surface area is 78.9 Å². The molecule has 0 aromatic rings. The molecular formula is C10H17NO2. The third kappa shape index (κ3) is 1.41. The molecule has 0 radical (unpaired) electrons. The minimum absolute atomic E-state index is 0.0244. The van der Waals surface area contributed by atoms with Gasteiger partial charge in [0.1, 0.15) is 18.1 Å². The van der Waals surface area contributed by atoms with Gasteiger partial charge in [0.05, 0.1) is 0 Å². The molecule has 0 aromatic carbocycles. The van der Waals surface area contributed by atoms with Crippen LogP contribution in [0.15, 0.2) is 0 Å². The summed E-state index contributed by atoms with van der Waals surface area (Å²) in [6, 6.07) is 0. The summed E-state index contributed by atoms with van der Waals surface area (Å²) in [6.07, 6.45) is 2.35. The highest BCUT2D eigenvalue weighted by Crippen LogP contribution is 2.40. The Balaban J connectivity index is 3.02. The lowest BCUT2D eigenvalue weighted by molar-refractivity contribution is -0.124. The summed E-state index contributed by atoms with van der Waals surface area (Å²) in [5, 5.41) is 3.02. The van der Waals surface area contributed by atoms with Crippen molar-refractivity contribution in [2.45, 2.75) is 32.7 Å². The summed E-state index contributed by atoms with van der Waals surface area (Å²) >= 11 is 0. The second-order valence-corrected chi connectivity index (χ2v) is 4.47. The van der Waals surface area contributed by atoms with Crippen LogP contribution in [0.4, 0.5) is 0 Å². The first-order chi connectivity index (χ1) is 6.02. The Kier molecular flexibility index (Phi) is 2.57. The zero-order valence-electron chi connectivity index (χ0n) is 8.46. The third-order valence-corrected chi connectivity index (χ3v) is 3.17. The fraction of sp³-hybridized carbons (Fsp3) is 0.800. The Hall–Kier alpha value is -0.700. The lowest BCUT2D eigenvalue weighted by Gasteiger charge is -2.30. The summed E-state index contributed by atoms with van der Waals surface area (Å²) in [7, 11) is 0. The molecule has 3 nitrogen and oxygen atoms in total. The highest BCUT2D eigenvalue weighted by Gasteiger charge is 2.51. The van der Waals surface area contributed by atoms with Crippen LogP contribution in [0.3, 0.4) is 0 Å². The number of hydrogen-bond donors (Lipinski definition) is 1. The molecule has 0 saturated carbocycles. The fourth-order valence-corrected chi connectivity index (χ4v) is 2.44. The van der Waals surface area contributed by atoms with Gasteiger partial charge in [0.15, 0.2) is 0 Å². The van der Waals surface area contributed by atoms with Crippen LogP contribution in [-0.2, 0) is 9.59 Å². The Morgan fingerprint density at radius 2 is 1.92 bits per heavy atom. The van der Waals surface area contributed by atoms with Crippen molar-refractivity contribution in [2.24, 2.45) is 11.3 Å². The van der Waals surface area contributed by atoms with E-state index < -0.39 is 5.54 Å². The second-order valence-electron chi connectivity index (χ2n) is 4.47. The molecule has 1 heterocycles. The van der Waals surface area contributed by atoms with Gasteiger partial charge in [-0.25, -0.2) is 0 Å². The third-order valence-electron chi connectivity index (χ3n) is 3.17. The maximum Gasteiger partial charge on any atom is 0.147 e. The van der Waals surface area contributed by atoms with Gasteiger partial charge in [-0.15, -0.1) is 0 Å². The molecule has 1 rings (SSSR count). The molecule has 1 fully saturated rings. The topological polar surface area (TPSA) is 46.2 Å². The average Bonchev–Trinajstić information content (AvgIpc) is 2.37. The van der Waals surface area contributed by atoms with Gasteiger partial charge in [0.2, 0.25) is 0 Å². The minimum atomic E-state index is -0.932. The van der Waals surface area contributed by atoms with Crippen molar-refractivity contribution in [2.75, 3.05) is 6.54 Å². The standard InChI is InChI=1S/C10H17NO2/c1-4-8-9(2,3)5-11-10(8,6-12)7-13/h6-8,11H,4-5H2,1-3H3. The van der Waals surface area contributed by atoms with Crippen molar-refractivity contribution in [1.82, 2.24) is 5.32 Å². The predicted molar refractivity (Wildman–Crippen MR) is 50.4 cm³/mol. The van der Waals surface area contributed by atoms with E-state index in [0.717, 1.165) is 25.5 Å². The van der Waals surface area contributed by atoms with Gasteiger partial charge in [0, 0.05) is 6.54 Å². The number of rotatable bonds is 3. The van der Waals surface area contributed by atoms with E-state index in [1.807, 2.05) is 6.92 Å². The van der Waals surface area contributed by atoms with Crippen molar-refractivity contribution < 1.29 is 9.59 Å². The first-order valence-corrected chi connectivity index (χ1v) is 4.70. The van der Waals surface area contributed by atoms with Crippen molar-refractivity contribution in [3.63, 3.8) is 0 Å². The first-order valence-electron chi connectivity index (χ1n) is 4.70. The summed E-state index contributed by atoms with van der Waals surface area (Å²) in [6.45, 7) is 6.91. The molecule has 1 saturated heterocycles. The predicted octanol–water partition coefficient (Wildman–Crippen LogP) is 0.779. The molecule has 1 N–H and O–H groups in total. The molecule has 13 heavy (non-hydrogen) atoms. The van der Waals surface area contributed by atoms with Crippen molar-refractivity contribution in [1.29, 1.82) is 0 Å². The normalized spacial score (nSPS) is 29.9. The van der Waals surface area contributed by atoms with Crippen LogP contribution < -0.4 is 5.32 Å². The number of aldehydes is 2. The molecule has 0 aliphatic carbocycles. The van der Waals surface area contributed by atoms with E-state index in [9.17, 15) is 9.59 Å². The van der Waals surface area contributed by atoms with Gasteiger partial charge in [-0.3, -0.25) is 5.32 Å². The van der Waals surface area contributed by atoms with Gasteiger partial charge in [-0.1, -0.05) is 27.2 Å². The van der Waals surface area contributed by atoms with Crippen LogP contribution >= 0.6 is 0 Å². The Bertz CT molecular complexity index is 215. The van der Waals surface area contributed by atoms with Crippen LogP contribution in [-0.4, -0.2) is 24.7 Å². The van der Waals surface area contributed by atoms with Crippen molar-refractivity contribution in [3.8, 4) is 0 Å². The minimum Gasteiger partial charge on any atom is -0.301 e. The van der Waals surface area contributed by atoms with E-state index in [1.54, 1.807) is 0 Å². The lowest BCUT2D eigenvalue weighted by Crippen LogP contribution is -2.48. The molecule has 74 valence electrons. The summed E-state index contributed by atoms with van der Waals surface area (Å²) in [4.78, 5) is 21.8. The molecule has 1 aliphatic rings. The van der Waals surface area contributed by atoms with E-state index in [2.05, 4.69) is 19.2 Å². The maximum absolute atomic E-state index is 10.9. The number of nitrogens with one attached hydrogen (secondary N) is 1. The fourth-order valence-electron chi connectivity index (χ4n) is 2.44. The van der Waals surface area contributed by atoms with Crippen LogP contribution in [0.25, 0.3) is 0 Å². The highest BCUT2D eigenvalue weighted by molar-refractivity contribution is 5.90. The SMILES string of the molecule is CCC1C(C)(C)CNC1(C=O)C=O. The van der Waals surface area contributed by atoms with Gasteiger partial charge in [-0.05, 0) is 11.3 Å². The molecule has 1 atom stereocenters. The zero-order valence-corrected chi connectivity index (χ0v) is 8.46. The molecule has 0 amide bonds. The molecule has 0 spiro atoms. The smallest absolute Gasteiger partial charge is 0.147 e. The maximum atomic E-state index is 10.9.